The van der Waals surface area contributed by atoms with Crippen LogP contribution in [0.4, 0.5) is 0 Å². The average molecular weight is 165 g/mol. The summed E-state index contributed by atoms with van der Waals surface area (Å²) < 4.78 is 0. The fourth-order valence-corrected chi connectivity index (χ4v) is 1.33. The summed E-state index contributed by atoms with van der Waals surface area (Å²) in [7, 11) is 0. The summed E-state index contributed by atoms with van der Waals surface area (Å²) in [6.07, 6.45) is 4.85. The maximum atomic E-state index is 9.95. The fourth-order valence-electron chi connectivity index (χ4n) is 1.33. The number of unbranched alkanes of at least 4 members (excludes halogenated alkanes) is 1. The van der Waals surface area contributed by atoms with Crippen molar-refractivity contribution in [3.63, 3.8) is 0 Å². The van der Waals surface area contributed by atoms with E-state index in [1.54, 1.807) is 0 Å². The molecule has 0 aromatic rings. The fraction of sp³-hybridized carbons (Fsp3) is 0.700. The lowest BCUT2D eigenvalue weighted by Crippen LogP contribution is -2.18. The molecule has 0 aromatic carbocycles. The summed E-state index contributed by atoms with van der Waals surface area (Å²) in [4.78, 5) is 12.3. The van der Waals surface area contributed by atoms with Gasteiger partial charge in [-0.15, -0.1) is 5.92 Å². The zero-order valence-corrected chi connectivity index (χ0v) is 7.38. The number of likely N-dealkylation sites (tertiary alicyclic amines) is 1. The van der Waals surface area contributed by atoms with Crippen molar-refractivity contribution in [3.8, 4) is 11.8 Å². The SMILES string of the molecule is O=CCCC#CCN1CCCC1. The molecule has 0 bridgehead atoms. The van der Waals surface area contributed by atoms with E-state index in [9.17, 15) is 4.79 Å². The lowest BCUT2D eigenvalue weighted by molar-refractivity contribution is -0.107. The van der Waals surface area contributed by atoms with Crippen molar-refractivity contribution in [2.75, 3.05) is 19.6 Å². The van der Waals surface area contributed by atoms with Crippen molar-refractivity contribution in [2.45, 2.75) is 25.7 Å². The van der Waals surface area contributed by atoms with Crippen molar-refractivity contribution >= 4 is 6.29 Å². The van der Waals surface area contributed by atoms with Crippen LogP contribution in [-0.2, 0) is 4.79 Å². The van der Waals surface area contributed by atoms with Crippen molar-refractivity contribution in [1.29, 1.82) is 0 Å². The van der Waals surface area contributed by atoms with Gasteiger partial charge in [-0.1, -0.05) is 5.92 Å². The first-order chi connectivity index (χ1) is 5.93. The van der Waals surface area contributed by atoms with E-state index in [1.807, 2.05) is 0 Å². The Hall–Kier alpha value is -0.810. The van der Waals surface area contributed by atoms with E-state index in [0.29, 0.717) is 6.42 Å². The van der Waals surface area contributed by atoms with Gasteiger partial charge in [0, 0.05) is 12.8 Å². The van der Waals surface area contributed by atoms with E-state index in [1.165, 1.54) is 25.9 Å². The van der Waals surface area contributed by atoms with Gasteiger partial charge in [0.05, 0.1) is 6.54 Å². The summed E-state index contributed by atoms with van der Waals surface area (Å²) in [5.41, 5.74) is 0. The second-order valence-corrected chi connectivity index (χ2v) is 3.04. The molecular weight excluding hydrogens is 150 g/mol. The maximum Gasteiger partial charge on any atom is 0.120 e. The Bertz CT molecular complexity index is 184. The molecule has 0 aliphatic carbocycles. The predicted octanol–water partition coefficient (Wildman–Crippen LogP) is 1.06. The smallest absolute Gasteiger partial charge is 0.120 e. The molecule has 1 aliphatic rings. The van der Waals surface area contributed by atoms with Crippen LogP contribution in [0.15, 0.2) is 0 Å². The van der Waals surface area contributed by atoms with Gasteiger partial charge < -0.3 is 4.79 Å². The molecule has 1 heterocycles. The van der Waals surface area contributed by atoms with Crippen LogP contribution >= 0.6 is 0 Å². The lowest BCUT2D eigenvalue weighted by Gasteiger charge is -2.08. The molecule has 0 saturated carbocycles. The van der Waals surface area contributed by atoms with Gasteiger partial charge in [0.25, 0.3) is 0 Å². The second kappa shape index (κ2) is 5.79. The molecule has 2 heteroatoms. The Morgan fingerprint density at radius 3 is 2.67 bits per heavy atom. The van der Waals surface area contributed by atoms with Crippen LogP contribution in [0.2, 0.25) is 0 Å². The van der Waals surface area contributed by atoms with Crippen molar-refractivity contribution < 1.29 is 4.79 Å². The third kappa shape index (κ3) is 3.54. The van der Waals surface area contributed by atoms with E-state index >= 15 is 0 Å². The van der Waals surface area contributed by atoms with E-state index in [4.69, 9.17) is 0 Å². The Labute approximate surface area is 73.9 Å². The molecule has 0 radical (unpaired) electrons. The van der Waals surface area contributed by atoms with E-state index < -0.39 is 0 Å². The second-order valence-electron chi connectivity index (χ2n) is 3.04. The molecule has 66 valence electrons. The summed E-state index contributed by atoms with van der Waals surface area (Å²) in [6.45, 7) is 3.28. The monoisotopic (exact) mass is 165 g/mol. The Morgan fingerprint density at radius 1 is 1.25 bits per heavy atom. The third-order valence-electron chi connectivity index (χ3n) is 2.01. The van der Waals surface area contributed by atoms with Gasteiger partial charge in [-0.25, -0.2) is 0 Å². The molecule has 0 amide bonds. The number of hydrogen-bond donors (Lipinski definition) is 0. The molecule has 0 unspecified atom stereocenters. The standard InChI is InChI=1S/C10H15NO/c12-10-6-2-1-3-7-11-8-4-5-9-11/h10H,2,4-9H2. The minimum Gasteiger partial charge on any atom is -0.303 e. The van der Waals surface area contributed by atoms with Gasteiger partial charge in [-0.3, -0.25) is 4.90 Å². The highest BCUT2D eigenvalue weighted by Crippen LogP contribution is 2.05. The molecule has 1 fully saturated rings. The normalized spacial score (nSPS) is 17.0. The highest BCUT2D eigenvalue weighted by Gasteiger charge is 2.08. The Balaban J connectivity index is 2.05. The summed E-state index contributed by atoms with van der Waals surface area (Å²) in [5.74, 6) is 6.07. The topological polar surface area (TPSA) is 20.3 Å². The van der Waals surface area contributed by atoms with Crippen LogP contribution in [0.1, 0.15) is 25.7 Å². The molecule has 12 heavy (non-hydrogen) atoms. The number of nitrogens with zero attached hydrogens (tertiary/aromatic N) is 1. The van der Waals surface area contributed by atoms with Crippen LogP contribution in [0, 0.1) is 11.8 Å². The van der Waals surface area contributed by atoms with Crippen molar-refractivity contribution in [3.05, 3.63) is 0 Å². The minimum absolute atomic E-state index is 0.576. The van der Waals surface area contributed by atoms with Crippen molar-refractivity contribution in [2.24, 2.45) is 0 Å². The van der Waals surface area contributed by atoms with Gasteiger partial charge >= 0.3 is 0 Å². The van der Waals surface area contributed by atoms with Crippen molar-refractivity contribution in [1.82, 2.24) is 4.90 Å². The number of hydrogen-bond acceptors (Lipinski definition) is 2. The van der Waals surface area contributed by atoms with E-state index in [2.05, 4.69) is 16.7 Å². The van der Waals surface area contributed by atoms with Gasteiger partial charge in [-0.2, -0.15) is 0 Å². The van der Waals surface area contributed by atoms with Crippen LogP contribution in [-0.4, -0.2) is 30.8 Å². The number of carbonyl (C=O) groups is 1. The first-order valence-corrected chi connectivity index (χ1v) is 4.55. The average Bonchev–Trinajstić information content (AvgIpc) is 2.57. The molecule has 1 rings (SSSR count). The quantitative estimate of drug-likeness (QED) is 0.354. The van der Waals surface area contributed by atoms with Crippen LogP contribution in [0.5, 0.6) is 0 Å². The van der Waals surface area contributed by atoms with Gasteiger partial charge in [0.1, 0.15) is 6.29 Å². The van der Waals surface area contributed by atoms with Crippen LogP contribution < -0.4 is 0 Å². The molecule has 1 aliphatic heterocycles. The zero-order valence-electron chi connectivity index (χ0n) is 7.38. The third-order valence-corrected chi connectivity index (χ3v) is 2.01. The largest absolute Gasteiger partial charge is 0.303 e. The molecule has 0 atom stereocenters. The van der Waals surface area contributed by atoms with Gasteiger partial charge in [0.2, 0.25) is 0 Å². The van der Waals surface area contributed by atoms with Gasteiger partial charge in [0.15, 0.2) is 0 Å². The van der Waals surface area contributed by atoms with Crippen LogP contribution in [0.25, 0.3) is 0 Å². The number of rotatable bonds is 3. The first-order valence-electron chi connectivity index (χ1n) is 4.55. The van der Waals surface area contributed by atoms with E-state index in [0.717, 1.165) is 19.3 Å². The molecule has 1 saturated heterocycles. The maximum absolute atomic E-state index is 9.95. The highest BCUT2D eigenvalue weighted by molar-refractivity contribution is 5.49. The highest BCUT2D eigenvalue weighted by atomic mass is 16.1. The summed E-state index contributed by atoms with van der Waals surface area (Å²) in [6, 6.07) is 0. The molecule has 0 N–H and O–H groups in total. The number of carbonyl (C=O) groups excluding carboxylic acids is 1. The molecule has 0 spiro atoms. The Morgan fingerprint density at radius 2 is 2.00 bits per heavy atom. The lowest BCUT2D eigenvalue weighted by atomic mass is 10.3. The number of aldehydes is 1. The van der Waals surface area contributed by atoms with Crippen LogP contribution in [0.3, 0.4) is 0 Å². The molecular formula is C10H15NO. The van der Waals surface area contributed by atoms with E-state index in [-0.39, 0.29) is 0 Å². The minimum atomic E-state index is 0.576. The first kappa shape index (κ1) is 9.28. The predicted molar refractivity (Wildman–Crippen MR) is 48.7 cm³/mol. The summed E-state index contributed by atoms with van der Waals surface area (Å²) in [5, 5.41) is 0. The zero-order chi connectivity index (χ0) is 8.65. The molecule has 0 aromatic heterocycles. The van der Waals surface area contributed by atoms with Gasteiger partial charge in [-0.05, 0) is 25.9 Å². The summed E-state index contributed by atoms with van der Waals surface area (Å²) >= 11 is 0. The molecule has 2 nitrogen and oxygen atoms in total. The Kier molecular flexibility index (Phi) is 4.48.